The lowest BCUT2D eigenvalue weighted by Gasteiger charge is -2.12. The van der Waals surface area contributed by atoms with Gasteiger partial charge in [-0.1, -0.05) is 6.07 Å². The maximum absolute atomic E-state index is 12.6. The van der Waals surface area contributed by atoms with Gasteiger partial charge < -0.3 is 19.9 Å². The van der Waals surface area contributed by atoms with Crippen LogP contribution in [0.5, 0.6) is 11.5 Å². The second-order valence-corrected chi connectivity index (χ2v) is 6.01. The fourth-order valence-corrected chi connectivity index (χ4v) is 3.26. The zero-order valence-electron chi connectivity index (χ0n) is 13.2. The molecule has 1 aromatic carbocycles. The van der Waals surface area contributed by atoms with Gasteiger partial charge in [0.1, 0.15) is 22.1 Å². The van der Waals surface area contributed by atoms with Gasteiger partial charge >= 0.3 is 5.97 Å². The van der Waals surface area contributed by atoms with E-state index in [1.165, 1.54) is 25.6 Å². The van der Waals surface area contributed by atoms with E-state index in [9.17, 15) is 14.7 Å². The highest BCUT2D eigenvalue weighted by atomic mass is 32.1. The van der Waals surface area contributed by atoms with E-state index in [4.69, 9.17) is 9.47 Å². The van der Waals surface area contributed by atoms with Crippen LogP contribution in [0, 0.1) is 13.8 Å². The van der Waals surface area contributed by atoms with Gasteiger partial charge in [0, 0.05) is 4.88 Å². The molecule has 0 unspecified atom stereocenters. The molecule has 1 amide bonds. The molecular formula is C16H17NO5S. The molecule has 0 atom stereocenters. The van der Waals surface area contributed by atoms with Gasteiger partial charge in [-0.2, -0.15) is 0 Å². The summed E-state index contributed by atoms with van der Waals surface area (Å²) in [7, 11) is 2.90. The molecule has 0 aliphatic heterocycles. The third-order valence-corrected chi connectivity index (χ3v) is 4.60. The van der Waals surface area contributed by atoms with E-state index >= 15 is 0 Å². The number of nitrogens with one attached hydrogen (secondary N) is 1. The number of methoxy groups -OCH3 is 2. The topological polar surface area (TPSA) is 84.9 Å². The van der Waals surface area contributed by atoms with E-state index in [1.807, 2.05) is 6.92 Å². The molecule has 0 aliphatic rings. The lowest BCUT2D eigenvalue weighted by molar-refractivity contribution is 0.0697. The second-order valence-electron chi connectivity index (χ2n) is 4.78. The van der Waals surface area contributed by atoms with E-state index in [0.717, 1.165) is 4.88 Å². The van der Waals surface area contributed by atoms with Gasteiger partial charge in [-0.15, -0.1) is 11.3 Å². The van der Waals surface area contributed by atoms with Crippen LogP contribution in [0.1, 0.15) is 31.2 Å². The lowest BCUT2D eigenvalue weighted by atomic mass is 10.1. The molecule has 23 heavy (non-hydrogen) atoms. The quantitative estimate of drug-likeness (QED) is 0.875. The predicted octanol–water partition coefficient (Wildman–Crippen LogP) is 3.33. The highest BCUT2D eigenvalue weighted by Crippen LogP contribution is 2.34. The Morgan fingerprint density at radius 3 is 2.13 bits per heavy atom. The number of benzene rings is 1. The minimum atomic E-state index is -1.07. The number of amides is 1. The number of anilines is 1. The van der Waals surface area contributed by atoms with Crippen molar-refractivity contribution in [2.24, 2.45) is 0 Å². The summed E-state index contributed by atoms with van der Waals surface area (Å²) in [5.74, 6) is -0.857. The highest BCUT2D eigenvalue weighted by molar-refractivity contribution is 7.16. The summed E-state index contributed by atoms with van der Waals surface area (Å²) in [6, 6.07) is 4.98. The van der Waals surface area contributed by atoms with Crippen LogP contribution in [0.15, 0.2) is 18.2 Å². The number of carbonyl (C=O) groups is 2. The first-order valence-corrected chi connectivity index (χ1v) is 7.58. The third kappa shape index (κ3) is 3.14. The lowest BCUT2D eigenvalue weighted by Crippen LogP contribution is -2.15. The van der Waals surface area contributed by atoms with Crippen molar-refractivity contribution in [2.45, 2.75) is 13.8 Å². The first kappa shape index (κ1) is 16.8. The Labute approximate surface area is 137 Å². The molecule has 2 N–H and O–H groups in total. The second kappa shape index (κ2) is 6.70. The Morgan fingerprint density at radius 1 is 1.09 bits per heavy atom. The zero-order valence-corrected chi connectivity index (χ0v) is 14.0. The largest absolute Gasteiger partial charge is 0.496 e. The van der Waals surface area contributed by atoms with Crippen LogP contribution in [0.2, 0.25) is 0 Å². The van der Waals surface area contributed by atoms with E-state index in [-0.39, 0.29) is 11.1 Å². The van der Waals surface area contributed by atoms with Gasteiger partial charge in [-0.05, 0) is 31.5 Å². The average molecular weight is 335 g/mol. The van der Waals surface area contributed by atoms with E-state index in [1.54, 1.807) is 25.1 Å². The monoisotopic (exact) mass is 335 g/mol. The van der Waals surface area contributed by atoms with Crippen molar-refractivity contribution in [1.29, 1.82) is 0 Å². The molecule has 0 radical (unpaired) electrons. The molecule has 6 nitrogen and oxygen atoms in total. The molecule has 2 aromatic rings. The summed E-state index contributed by atoms with van der Waals surface area (Å²) in [6.45, 7) is 3.53. The van der Waals surface area contributed by atoms with Gasteiger partial charge in [-0.3, -0.25) is 4.79 Å². The summed E-state index contributed by atoms with van der Waals surface area (Å²) in [6.07, 6.45) is 0. The Kier molecular flexibility index (Phi) is 4.90. The summed E-state index contributed by atoms with van der Waals surface area (Å²) in [5.41, 5.74) is 0.969. The number of thiophene rings is 1. The molecule has 0 saturated carbocycles. The van der Waals surface area contributed by atoms with Crippen molar-refractivity contribution in [3.63, 3.8) is 0 Å². The number of rotatable bonds is 5. The summed E-state index contributed by atoms with van der Waals surface area (Å²) in [5, 5.41) is 12.3. The summed E-state index contributed by atoms with van der Waals surface area (Å²) < 4.78 is 10.4. The third-order valence-electron chi connectivity index (χ3n) is 3.48. The van der Waals surface area contributed by atoms with Crippen molar-refractivity contribution in [1.82, 2.24) is 0 Å². The van der Waals surface area contributed by atoms with Gasteiger partial charge in [0.25, 0.3) is 5.91 Å². The smallest absolute Gasteiger partial charge is 0.338 e. The van der Waals surface area contributed by atoms with Crippen LogP contribution in [-0.2, 0) is 0 Å². The molecule has 0 saturated heterocycles. The molecule has 1 aromatic heterocycles. The Morgan fingerprint density at radius 2 is 1.65 bits per heavy atom. The molecule has 2 rings (SSSR count). The summed E-state index contributed by atoms with van der Waals surface area (Å²) in [4.78, 5) is 24.9. The van der Waals surface area contributed by atoms with Gasteiger partial charge in [0.05, 0.1) is 19.8 Å². The van der Waals surface area contributed by atoms with Crippen molar-refractivity contribution in [3.8, 4) is 11.5 Å². The Balaban J connectivity index is 2.45. The van der Waals surface area contributed by atoms with Crippen LogP contribution >= 0.6 is 11.3 Å². The van der Waals surface area contributed by atoms with Crippen molar-refractivity contribution in [2.75, 3.05) is 19.5 Å². The zero-order chi connectivity index (χ0) is 17.1. The van der Waals surface area contributed by atoms with E-state index in [2.05, 4.69) is 5.32 Å². The molecule has 7 heteroatoms. The van der Waals surface area contributed by atoms with Crippen LogP contribution in [0.4, 0.5) is 5.00 Å². The molecule has 1 heterocycles. The fraction of sp³-hybridized carbons (Fsp3) is 0.250. The number of carboxylic acids is 1. The predicted molar refractivity (Wildman–Crippen MR) is 88.3 cm³/mol. The molecule has 122 valence electrons. The minimum Gasteiger partial charge on any atom is -0.496 e. The highest BCUT2D eigenvalue weighted by Gasteiger charge is 2.24. The summed E-state index contributed by atoms with van der Waals surface area (Å²) >= 11 is 1.22. The van der Waals surface area contributed by atoms with Crippen LogP contribution in [0.25, 0.3) is 0 Å². The molecule has 0 bridgehead atoms. The Bertz CT molecular complexity index is 744. The number of carboxylic acid groups (broad SMARTS) is 1. The maximum Gasteiger partial charge on any atom is 0.338 e. The number of hydrogen-bond donors (Lipinski definition) is 2. The van der Waals surface area contributed by atoms with E-state index in [0.29, 0.717) is 22.1 Å². The van der Waals surface area contributed by atoms with Crippen molar-refractivity contribution < 1.29 is 24.2 Å². The Hall–Kier alpha value is -2.54. The number of hydrogen-bond acceptors (Lipinski definition) is 5. The molecule has 0 aliphatic carbocycles. The number of carbonyl (C=O) groups excluding carboxylic acids is 1. The molecule has 0 spiro atoms. The molecular weight excluding hydrogens is 318 g/mol. The van der Waals surface area contributed by atoms with Crippen LogP contribution in [-0.4, -0.2) is 31.2 Å². The van der Waals surface area contributed by atoms with Crippen molar-refractivity contribution in [3.05, 3.63) is 39.8 Å². The van der Waals surface area contributed by atoms with Gasteiger partial charge in [0.2, 0.25) is 0 Å². The van der Waals surface area contributed by atoms with Gasteiger partial charge in [0.15, 0.2) is 0 Å². The first-order valence-electron chi connectivity index (χ1n) is 6.76. The SMILES string of the molecule is COc1cccc(OC)c1C(=O)Nc1sc(C)c(C)c1C(=O)O. The van der Waals surface area contributed by atoms with Gasteiger partial charge in [-0.25, -0.2) is 4.79 Å². The molecule has 0 fully saturated rings. The van der Waals surface area contributed by atoms with E-state index < -0.39 is 11.9 Å². The number of aromatic carboxylic acids is 1. The van der Waals surface area contributed by atoms with Crippen LogP contribution < -0.4 is 14.8 Å². The first-order chi connectivity index (χ1) is 10.9. The number of aryl methyl sites for hydroxylation is 1. The standard InChI is InChI=1S/C16H17NO5S/c1-8-9(2)23-15(12(8)16(19)20)17-14(18)13-10(21-3)6-5-7-11(13)22-4/h5-7H,1-4H3,(H,17,18)(H,19,20). The maximum atomic E-state index is 12.6. The fourth-order valence-electron chi connectivity index (χ4n) is 2.21. The number of ether oxygens (including phenoxy) is 2. The van der Waals surface area contributed by atoms with Crippen LogP contribution in [0.3, 0.4) is 0 Å². The minimum absolute atomic E-state index is 0.106. The normalized spacial score (nSPS) is 10.3. The average Bonchev–Trinajstić information content (AvgIpc) is 2.80. The van der Waals surface area contributed by atoms with Crippen molar-refractivity contribution >= 4 is 28.2 Å².